The fourth-order valence-corrected chi connectivity index (χ4v) is 1.81. The summed E-state index contributed by atoms with van der Waals surface area (Å²) in [5, 5.41) is 2.87. The van der Waals surface area contributed by atoms with Crippen molar-refractivity contribution in [3.05, 3.63) is 18.2 Å². The van der Waals surface area contributed by atoms with E-state index in [4.69, 9.17) is 4.74 Å². The van der Waals surface area contributed by atoms with Gasteiger partial charge in [0.1, 0.15) is 6.10 Å². The maximum Gasteiger partial charge on any atom is 0.249 e. The Morgan fingerprint density at radius 2 is 2.62 bits per heavy atom. The Bertz CT molecular complexity index is 356. The van der Waals surface area contributed by atoms with Crippen LogP contribution in [-0.4, -0.2) is 34.7 Å². The average Bonchev–Trinajstić information content (AvgIpc) is 2.89. The second-order valence-corrected chi connectivity index (χ2v) is 4.07. The van der Waals surface area contributed by atoms with Gasteiger partial charge in [0.25, 0.3) is 0 Å². The van der Waals surface area contributed by atoms with Gasteiger partial charge in [-0.25, -0.2) is 4.98 Å². The van der Waals surface area contributed by atoms with Crippen molar-refractivity contribution in [2.24, 2.45) is 7.05 Å². The molecule has 1 N–H and O–H groups in total. The highest BCUT2D eigenvalue weighted by molar-refractivity contribution is 5.80. The molecule has 5 nitrogen and oxygen atoms in total. The minimum atomic E-state index is -0.233. The fourth-order valence-electron chi connectivity index (χ4n) is 1.81. The number of amides is 1. The lowest BCUT2D eigenvalue weighted by Crippen LogP contribution is -2.35. The molecule has 0 aromatic carbocycles. The summed E-state index contributed by atoms with van der Waals surface area (Å²) in [5.41, 5.74) is 0.996. The normalized spacial score (nSPS) is 19.9. The standard InChI is InChI=1S/C11H17N3O2/c1-14-7-9(13-8-14)4-5-12-11(15)10-3-2-6-16-10/h7-8,10H,2-6H2,1H3,(H,12,15). The Balaban J connectivity index is 1.69. The fraction of sp³-hybridized carbons (Fsp3) is 0.636. The molecule has 1 aromatic heterocycles. The van der Waals surface area contributed by atoms with Crippen molar-refractivity contribution in [1.29, 1.82) is 0 Å². The summed E-state index contributed by atoms with van der Waals surface area (Å²) in [7, 11) is 1.93. The van der Waals surface area contributed by atoms with Crippen molar-refractivity contribution in [2.45, 2.75) is 25.4 Å². The van der Waals surface area contributed by atoms with Crippen molar-refractivity contribution >= 4 is 5.91 Å². The molecule has 2 heterocycles. The molecule has 5 heteroatoms. The highest BCUT2D eigenvalue weighted by Crippen LogP contribution is 2.11. The first-order valence-corrected chi connectivity index (χ1v) is 5.62. The van der Waals surface area contributed by atoms with Crippen molar-refractivity contribution in [1.82, 2.24) is 14.9 Å². The predicted molar refractivity (Wildman–Crippen MR) is 58.9 cm³/mol. The third-order valence-electron chi connectivity index (χ3n) is 2.66. The van der Waals surface area contributed by atoms with E-state index in [2.05, 4.69) is 10.3 Å². The highest BCUT2D eigenvalue weighted by atomic mass is 16.5. The number of imidazole rings is 1. The monoisotopic (exact) mass is 223 g/mol. The van der Waals surface area contributed by atoms with Gasteiger partial charge in [-0.1, -0.05) is 0 Å². The Kier molecular flexibility index (Phi) is 3.56. The molecule has 1 unspecified atom stereocenters. The smallest absolute Gasteiger partial charge is 0.249 e. The molecular weight excluding hydrogens is 206 g/mol. The first-order chi connectivity index (χ1) is 7.75. The molecule has 1 amide bonds. The van der Waals surface area contributed by atoms with Gasteiger partial charge in [0.2, 0.25) is 5.91 Å². The number of aromatic nitrogens is 2. The van der Waals surface area contributed by atoms with E-state index in [1.807, 2.05) is 17.8 Å². The minimum Gasteiger partial charge on any atom is -0.368 e. The third-order valence-corrected chi connectivity index (χ3v) is 2.66. The SMILES string of the molecule is Cn1cnc(CCNC(=O)C2CCCO2)c1. The first-order valence-electron chi connectivity index (χ1n) is 5.62. The third kappa shape index (κ3) is 2.82. The van der Waals surface area contributed by atoms with Crippen molar-refractivity contribution < 1.29 is 9.53 Å². The molecule has 1 aliphatic rings. The summed E-state index contributed by atoms with van der Waals surface area (Å²) in [5.74, 6) is 0.00781. The topological polar surface area (TPSA) is 56.2 Å². The zero-order chi connectivity index (χ0) is 11.4. The molecule has 0 spiro atoms. The molecule has 2 rings (SSSR count). The van der Waals surface area contributed by atoms with Gasteiger partial charge in [0.15, 0.2) is 0 Å². The van der Waals surface area contributed by atoms with Crippen molar-refractivity contribution in [3.63, 3.8) is 0 Å². The van der Waals surface area contributed by atoms with Gasteiger partial charge in [0.05, 0.1) is 12.0 Å². The van der Waals surface area contributed by atoms with Crippen molar-refractivity contribution in [2.75, 3.05) is 13.2 Å². The van der Waals surface area contributed by atoms with Crippen LogP contribution in [0.25, 0.3) is 0 Å². The number of rotatable bonds is 4. The molecule has 1 atom stereocenters. The minimum absolute atomic E-state index is 0.00781. The summed E-state index contributed by atoms with van der Waals surface area (Å²) >= 11 is 0. The average molecular weight is 223 g/mol. The predicted octanol–water partition coefficient (Wildman–Crippen LogP) is 0.258. The molecule has 1 aromatic rings. The summed E-state index contributed by atoms with van der Waals surface area (Å²) in [4.78, 5) is 15.8. The van der Waals surface area contributed by atoms with Crippen LogP contribution in [0.3, 0.4) is 0 Å². The van der Waals surface area contributed by atoms with E-state index in [1.54, 1.807) is 6.33 Å². The molecule has 0 bridgehead atoms. The maximum absolute atomic E-state index is 11.6. The van der Waals surface area contributed by atoms with Crippen LogP contribution in [0.2, 0.25) is 0 Å². The number of hydrogen-bond donors (Lipinski definition) is 1. The Hall–Kier alpha value is -1.36. The molecule has 88 valence electrons. The van der Waals surface area contributed by atoms with Crippen molar-refractivity contribution in [3.8, 4) is 0 Å². The molecule has 0 radical (unpaired) electrons. The van der Waals surface area contributed by atoms with Gasteiger partial charge in [-0.3, -0.25) is 4.79 Å². The molecule has 1 fully saturated rings. The van der Waals surface area contributed by atoms with Crippen LogP contribution in [0, 0.1) is 0 Å². The van der Waals surface area contributed by atoms with Gasteiger partial charge in [0, 0.05) is 32.8 Å². The lowest BCUT2D eigenvalue weighted by molar-refractivity contribution is -0.129. The van der Waals surface area contributed by atoms with Crippen LogP contribution in [0.4, 0.5) is 0 Å². The molecule has 0 saturated carbocycles. The van der Waals surface area contributed by atoms with Crippen LogP contribution in [0.15, 0.2) is 12.5 Å². The van der Waals surface area contributed by atoms with E-state index < -0.39 is 0 Å². The van der Waals surface area contributed by atoms with Gasteiger partial charge in [-0.2, -0.15) is 0 Å². The highest BCUT2D eigenvalue weighted by Gasteiger charge is 2.22. The summed E-state index contributed by atoms with van der Waals surface area (Å²) in [6.07, 6.45) is 6.08. The number of nitrogens with zero attached hydrogens (tertiary/aromatic N) is 2. The number of nitrogens with one attached hydrogen (secondary N) is 1. The van der Waals surface area contributed by atoms with Crippen LogP contribution in [-0.2, 0) is 23.0 Å². The maximum atomic E-state index is 11.6. The van der Waals surface area contributed by atoms with E-state index >= 15 is 0 Å². The molecule has 16 heavy (non-hydrogen) atoms. The lowest BCUT2D eigenvalue weighted by atomic mass is 10.2. The van der Waals surface area contributed by atoms with Gasteiger partial charge < -0.3 is 14.6 Å². The number of hydrogen-bond acceptors (Lipinski definition) is 3. The number of carbonyl (C=O) groups is 1. The first kappa shape index (κ1) is 11.1. The summed E-state index contributed by atoms with van der Waals surface area (Å²) < 4.78 is 7.19. The Morgan fingerprint density at radius 3 is 3.25 bits per heavy atom. The Morgan fingerprint density at radius 1 is 1.75 bits per heavy atom. The number of carbonyl (C=O) groups excluding carboxylic acids is 1. The Labute approximate surface area is 94.8 Å². The molecular formula is C11H17N3O2. The van der Waals surface area contributed by atoms with E-state index in [0.717, 1.165) is 25.0 Å². The zero-order valence-electron chi connectivity index (χ0n) is 9.48. The van der Waals surface area contributed by atoms with Crippen LogP contribution >= 0.6 is 0 Å². The second-order valence-electron chi connectivity index (χ2n) is 4.07. The quantitative estimate of drug-likeness (QED) is 0.796. The lowest BCUT2D eigenvalue weighted by Gasteiger charge is -2.09. The zero-order valence-corrected chi connectivity index (χ0v) is 9.48. The van der Waals surface area contributed by atoms with Gasteiger partial charge in [-0.15, -0.1) is 0 Å². The molecule has 1 aliphatic heterocycles. The van der Waals surface area contributed by atoms with Gasteiger partial charge in [-0.05, 0) is 12.8 Å². The van der Waals surface area contributed by atoms with Crippen LogP contribution in [0.1, 0.15) is 18.5 Å². The second kappa shape index (κ2) is 5.12. The summed E-state index contributed by atoms with van der Waals surface area (Å²) in [6.45, 7) is 1.33. The van der Waals surface area contributed by atoms with Crippen LogP contribution < -0.4 is 5.32 Å². The van der Waals surface area contributed by atoms with E-state index in [9.17, 15) is 4.79 Å². The van der Waals surface area contributed by atoms with E-state index in [1.165, 1.54) is 0 Å². The van der Waals surface area contributed by atoms with Crippen LogP contribution in [0.5, 0.6) is 0 Å². The number of ether oxygens (including phenoxy) is 1. The largest absolute Gasteiger partial charge is 0.368 e. The number of aryl methyl sites for hydroxylation is 1. The van der Waals surface area contributed by atoms with Gasteiger partial charge >= 0.3 is 0 Å². The van der Waals surface area contributed by atoms with E-state index in [0.29, 0.717) is 13.2 Å². The van der Waals surface area contributed by atoms with E-state index in [-0.39, 0.29) is 12.0 Å². The molecule has 1 saturated heterocycles. The summed E-state index contributed by atoms with van der Waals surface area (Å²) in [6, 6.07) is 0. The molecule has 0 aliphatic carbocycles.